The third-order valence-corrected chi connectivity index (χ3v) is 2.15. The van der Waals surface area contributed by atoms with E-state index in [-0.39, 0.29) is 12.1 Å². The summed E-state index contributed by atoms with van der Waals surface area (Å²) in [6, 6.07) is 7.32. The Morgan fingerprint density at radius 3 is 2.77 bits per heavy atom. The monoisotopic (exact) mass is 245 g/mol. The molecule has 0 saturated carbocycles. The van der Waals surface area contributed by atoms with Gasteiger partial charge in [-0.25, -0.2) is 4.79 Å². The van der Waals surface area contributed by atoms with Gasteiger partial charge in [-0.3, -0.25) is 0 Å². The number of hydrogen-bond donors (Lipinski definition) is 1. The van der Waals surface area contributed by atoms with Crippen LogP contribution in [-0.2, 0) is 10.1 Å². The highest BCUT2D eigenvalue weighted by atomic mass is 79.9. The van der Waals surface area contributed by atoms with E-state index in [1.165, 1.54) is 7.11 Å². The second-order valence-corrected chi connectivity index (χ2v) is 2.89. The van der Waals surface area contributed by atoms with Crippen LogP contribution in [0.15, 0.2) is 24.3 Å². The van der Waals surface area contributed by atoms with E-state index >= 15 is 0 Å². The standard InChI is InChI=1S/C9H9BrO2.H3N/c1-12-9(11)8-4-2-3-7(5-8)6-10;/h2-5H,6H2,1H3;1H3. The normalized spacial score (nSPS) is 8.77. The quantitative estimate of drug-likeness (QED) is 0.644. The minimum Gasteiger partial charge on any atom is -0.465 e. The number of methoxy groups -OCH3 is 1. The van der Waals surface area contributed by atoms with E-state index in [2.05, 4.69) is 20.7 Å². The number of esters is 1. The van der Waals surface area contributed by atoms with Crippen molar-refractivity contribution in [3.8, 4) is 0 Å². The molecule has 13 heavy (non-hydrogen) atoms. The number of rotatable bonds is 2. The first-order valence-corrected chi connectivity index (χ1v) is 4.63. The van der Waals surface area contributed by atoms with Crippen molar-refractivity contribution in [3.05, 3.63) is 35.4 Å². The van der Waals surface area contributed by atoms with Gasteiger partial charge in [-0.15, -0.1) is 0 Å². The van der Waals surface area contributed by atoms with E-state index in [0.717, 1.165) is 10.9 Å². The molecule has 1 rings (SSSR count). The molecule has 0 atom stereocenters. The fourth-order valence-corrected chi connectivity index (χ4v) is 1.25. The van der Waals surface area contributed by atoms with Gasteiger partial charge in [0, 0.05) is 5.33 Å². The molecule has 0 heterocycles. The predicted molar refractivity (Wildman–Crippen MR) is 55.4 cm³/mol. The summed E-state index contributed by atoms with van der Waals surface area (Å²) in [6.45, 7) is 0. The highest BCUT2D eigenvalue weighted by Crippen LogP contribution is 2.09. The molecule has 0 aromatic heterocycles. The van der Waals surface area contributed by atoms with Crippen LogP contribution in [-0.4, -0.2) is 13.1 Å². The van der Waals surface area contributed by atoms with Crippen LogP contribution >= 0.6 is 15.9 Å². The Hall–Kier alpha value is -0.870. The Morgan fingerprint density at radius 1 is 1.54 bits per heavy atom. The lowest BCUT2D eigenvalue weighted by atomic mass is 10.1. The van der Waals surface area contributed by atoms with Crippen molar-refractivity contribution in [2.45, 2.75) is 5.33 Å². The van der Waals surface area contributed by atoms with Gasteiger partial charge in [0.25, 0.3) is 0 Å². The molecule has 0 spiro atoms. The average Bonchev–Trinajstić information content (AvgIpc) is 2.17. The van der Waals surface area contributed by atoms with Gasteiger partial charge in [-0.05, 0) is 17.7 Å². The van der Waals surface area contributed by atoms with Crippen LogP contribution in [0, 0.1) is 0 Å². The first-order chi connectivity index (χ1) is 5.77. The zero-order valence-electron chi connectivity index (χ0n) is 7.42. The summed E-state index contributed by atoms with van der Waals surface area (Å²) in [5.41, 5.74) is 1.66. The lowest BCUT2D eigenvalue weighted by Crippen LogP contribution is -2.00. The van der Waals surface area contributed by atoms with Crippen LogP contribution in [0.3, 0.4) is 0 Å². The Bertz CT molecular complexity index is 289. The molecule has 0 aliphatic heterocycles. The zero-order valence-corrected chi connectivity index (χ0v) is 9.00. The van der Waals surface area contributed by atoms with Crippen LogP contribution in [0.5, 0.6) is 0 Å². The van der Waals surface area contributed by atoms with Crippen LogP contribution in [0.25, 0.3) is 0 Å². The lowest BCUT2D eigenvalue weighted by molar-refractivity contribution is 0.0600. The Balaban J connectivity index is 0.00000144. The number of carbonyl (C=O) groups is 1. The first kappa shape index (κ1) is 12.1. The molecule has 1 aromatic carbocycles. The summed E-state index contributed by atoms with van der Waals surface area (Å²) in [6.07, 6.45) is 0. The van der Waals surface area contributed by atoms with E-state index in [1.807, 2.05) is 12.1 Å². The summed E-state index contributed by atoms with van der Waals surface area (Å²) >= 11 is 3.31. The molecule has 0 aliphatic carbocycles. The number of carbonyl (C=O) groups excluding carboxylic acids is 1. The molecule has 0 aliphatic rings. The third kappa shape index (κ3) is 3.16. The number of alkyl halides is 1. The van der Waals surface area contributed by atoms with Gasteiger partial charge in [0.15, 0.2) is 0 Å². The van der Waals surface area contributed by atoms with Gasteiger partial charge < -0.3 is 10.9 Å². The van der Waals surface area contributed by atoms with Crippen molar-refractivity contribution in [2.24, 2.45) is 0 Å². The van der Waals surface area contributed by atoms with Crippen molar-refractivity contribution in [1.82, 2.24) is 6.15 Å². The van der Waals surface area contributed by atoms with E-state index in [1.54, 1.807) is 12.1 Å². The molecule has 0 bridgehead atoms. The van der Waals surface area contributed by atoms with Gasteiger partial charge >= 0.3 is 5.97 Å². The maximum atomic E-state index is 11.0. The highest BCUT2D eigenvalue weighted by molar-refractivity contribution is 9.08. The first-order valence-electron chi connectivity index (χ1n) is 3.51. The zero-order chi connectivity index (χ0) is 8.97. The van der Waals surface area contributed by atoms with Gasteiger partial charge in [0.2, 0.25) is 0 Å². The molecule has 4 heteroatoms. The van der Waals surface area contributed by atoms with Crippen LogP contribution < -0.4 is 6.15 Å². The second kappa shape index (κ2) is 5.72. The van der Waals surface area contributed by atoms with Crippen LogP contribution in [0.4, 0.5) is 0 Å². The second-order valence-electron chi connectivity index (χ2n) is 2.33. The van der Waals surface area contributed by atoms with Gasteiger partial charge in [-0.1, -0.05) is 28.1 Å². The summed E-state index contributed by atoms with van der Waals surface area (Å²) < 4.78 is 4.58. The average molecular weight is 246 g/mol. The van der Waals surface area contributed by atoms with Crippen molar-refractivity contribution < 1.29 is 9.53 Å². The third-order valence-electron chi connectivity index (χ3n) is 1.50. The summed E-state index contributed by atoms with van der Waals surface area (Å²) in [4.78, 5) is 11.0. The lowest BCUT2D eigenvalue weighted by Gasteiger charge is -2.00. The van der Waals surface area contributed by atoms with Gasteiger partial charge in [0.1, 0.15) is 0 Å². The Morgan fingerprint density at radius 2 is 2.23 bits per heavy atom. The number of halogens is 1. The molecular weight excluding hydrogens is 234 g/mol. The molecule has 0 radical (unpaired) electrons. The smallest absolute Gasteiger partial charge is 0.337 e. The van der Waals surface area contributed by atoms with Crippen LogP contribution in [0.2, 0.25) is 0 Å². The fraction of sp³-hybridized carbons (Fsp3) is 0.222. The molecule has 0 unspecified atom stereocenters. The van der Waals surface area contributed by atoms with E-state index in [9.17, 15) is 4.79 Å². The largest absolute Gasteiger partial charge is 0.465 e. The maximum absolute atomic E-state index is 11.0. The highest BCUT2D eigenvalue weighted by Gasteiger charge is 2.04. The van der Waals surface area contributed by atoms with E-state index in [4.69, 9.17) is 0 Å². The van der Waals surface area contributed by atoms with Crippen molar-refractivity contribution in [3.63, 3.8) is 0 Å². The molecule has 72 valence electrons. The van der Waals surface area contributed by atoms with E-state index in [0.29, 0.717) is 5.56 Å². The molecule has 3 N–H and O–H groups in total. The predicted octanol–water partition coefficient (Wildman–Crippen LogP) is 2.53. The van der Waals surface area contributed by atoms with Gasteiger partial charge in [0.05, 0.1) is 12.7 Å². The Kier molecular flexibility index (Phi) is 5.34. The van der Waals surface area contributed by atoms with Crippen molar-refractivity contribution in [2.75, 3.05) is 7.11 Å². The topological polar surface area (TPSA) is 61.3 Å². The molecule has 1 aromatic rings. The minimum atomic E-state index is -0.294. The van der Waals surface area contributed by atoms with Crippen molar-refractivity contribution in [1.29, 1.82) is 0 Å². The molecular formula is C9H12BrNO2. The Labute approximate surface area is 85.8 Å². The number of benzene rings is 1. The molecule has 3 nitrogen and oxygen atoms in total. The number of ether oxygens (including phenoxy) is 1. The molecule has 0 saturated heterocycles. The summed E-state index contributed by atoms with van der Waals surface area (Å²) in [7, 11) is 1.38. The number of hydrogen-bond acceptors (Lipinski definition) is 3. The molecule has 0 fully saturated rings. The minimum absolute atomic E-state index is 0. The SMILES string of the molecule is COC(=O)c1cccc(CBr)c1.N. The summed E-state index contributed by atoms with van der Waals surface area (Å²) in [5, 5.41) is 0.748. The van der Waals surface area contributed by atoms with E-state index < -0.39 is 0 Å². The molecule has 0 amide bonds. The summed E-state index contributed by atoms with van der Waals surface area (Å²) in [5.74, 6) is -0.294. The van der Waals surface area contributed by atoms with Crippen LogP contribution in [0.1, 0.15) is 15.9 Å². The maximum Gasteiger partial charge on any atom is 0.337 e. The van der Waals surface area contributed by atoms with Crippen molar-refractivity contribution >= 4 is 21.9 Å². The fourth-order valence-electron chi connectivity index (χ4n) is 0.899. The van der Waals surface area contributed by atoms with Gasteiger partial charge in [-0.2, -0.15) is 0 Å².